The van der Waals surface area contributed by atoms with E-state index >= 15 is 0 Å². The van der Waals surface area contributed by atoms with Crippen LogP contribution in [0.15, 0.2) is 54.6 Å². The fourth-order valence-corrected chi connectivity index (χ4v) is 2.46. The molecule has 0 saturated heterocycles. The summed E-state index contributed by atoms with van der Waals surface area (Å²) < 4.78 is 0. The van der Waals surface area contributed by atoms with Crippen LogP contribution in [0.2, 0.25) is 5.02 Å². The van der Waals surface area contributed by atoms with Gasteiger partial charge in [0.25, 0.3) is 0 Å². The third-order valence-corrected chi connectivity index (χ3v) is 3.76. The molecule has 1 aromatic heterocycles. The number of nitrogens with one attached hydrogen (secondary N) is 1. The van der Waals surface area contributed by atoms with Crippen LogP contribution in [-0.4, -0.2) is 32.7 Å². The fraction of sp³-hybridized carbons (Fsp3) is 0.176. The average Bonchev–Trinajstić information content (AvgIpc) is 3.04. The second kappa shape index (κ2) is 7.70. The van der Waals surface area contributed by atoms with Crippen LogP contribution in [0.25, 0.3) is 11.4 Å². The van der Waals surface area contributed by atoms with Crippen molar-refractivity contribution in [1.82, 2.24) is 25.5 Å². The second-order valence-electron chi connectivity index (χ2n) is 5.21. The summed E-state index contributed by atoms with van der Waals surface area (Å²) in [6.07, 6.45) is 0.780. The molecule has 0 aliphatic rings. The topological polar surface area (TPSA) is 72.7 Å². The minimum absolute atomic E-state index is 0.0201. The van der Waals surface area contributed by atoms with Crippen LogP contribution in [-0.2, 0) is 17.8 Å². The van der Waals surface area contributed by atoms with Crippen molar-refractivity contribution >= 4 is 17.5 Å². The molecule has 2 aromatic carbocycles. The lowest BCUT2D eigenvalue weighted by Crippen LogP contribution is -2.30. The largest absolute Gasteiger partial charge is 0.354 e. The molecule has 0 radical (unpaired) electrons. The van der Waals surface area contributed by atoms with E-state index in [9.17, 15) is 4.79 Å². The zero-order chi connectivity index (χ0) is 16.8. The van der Waals surface area contributed by atoms with Gasteiger partial charge in [0.1, 0.15) is 6.54 Å². The molecule has 122 valence electrons. The molecule has 7 heteroatoms. The lowest BCUT2D eigenvalue weighted by molar-refractivity contribution is -0.122. The van der Waals surface area contributed by atoms with Crippen LogP contribution in [0.3, 0.4) is 0 Å². The molecular formula is C17H16ClN5O. The van der Waals surface area contributed by atoms with E-state index in [1.807, 2.05) is 48.5 Å². The van der Waals surface area contributed by atoms with Gasteiger partial charge < -0.3 is 5.32 Å². The fourth-order valence-electron chi connectivity index (χ4n) is 2.24. The molecule has 1 N–H and O–H groups in total. The third kappa shape index (κ3) is 4.17. The number of hydrogen-bond acceptors (Lipinski definition) is 4. The number of amides is 1. The summed E-state index contributed by atoms with van der Waals surface area (Å²) >= 11 is 6.10. The standard InChI is InChI=1S/C17H16ClN5O/c18-15-9-5-4-8-14(15)17-20-22-23(21-17)12-16(24)19-11-10-13-6-2-1-3-7-13/h1-9H,10-12H2,(H,19,24). The molecule has 24 heavy (non-hydrogen) atoms. The van der Waals surface area contributed by atoms with Crippen molar-refractivity contribution in [2.75, 3.05) is 6.54 Å². The molecule has 0 bridgehead atoms. The van der Waals surface area contributed by atoms with Crippen LogP contribution in [0, 0.1) is 0 Å². The van der Waals surface area contributed by atoms with Gasteiger partial charge >= 0.3 is 0 Å². The van der Waals surface area contributed by atoms with Gasteiger partial charge in [-0.2, -0.15) is 4.80 Å². The Morgan fingerprint density at radius 3 is 2.62 bits per heavy atom. The smallest absolute Gasteiger partial charge is 0.243 e. The maximum absolute atomic E-state index is 11.9. The number of nitrogens with zero attached hydrogens (tertiary/aromatic N) is 4. The molecule has 3 aromatic rings. The van der Waals surface area contributed by atoms with Crippen molar-refractivity contribution in [2.24, 2.45) is 0 Å². The first-order chi connectivity index (χ1) is 11.7. The van der Waals surface area contributed by atoms with E-state index in [0.717, 1.165) is 6.42 Å². The van der Waals surface area contributed by atoms with Crippen LogP contribution in [0.4, 0.5) is 0 Å². The molecule has 0 spiro atoms. The highest BCUT2D eigenvalue weighted by Crippen LogP contribution is 2.23. The van der Waals surface area contributed by atoms with E-state index < -0.39 is 0 Å². The van der Waals surface area contributed by atoms with Crippen LogP contribution < -0.4 is 5.32 Å². The summed E-state index contributed by atoms with van der Waals surface area (Å²) in [6, 6.07) is 17.2. The van der Waals surface area contributed by atoms with Crippen molar-refractivity contribution in [3.05, 3.63) is 65.2 Å². The summed E-state index contributed by atoms with van der Waals surface area (Å²) in [4.78, 5) is 13.2. The molecular weight excluding hydrogens is 326 g/mol. The molecule has 0 aliphatic carbocycles. The third-order valence-electron chi connectivity index (χ3n) is 3.43. The summed E-state index contributed by atoms with van der Waals surface area (Å²) in [5.41, 5.74) is 1.87. The number of aromatic nitrogens is 4. The Morgan fingerprint density at radius 1 is 1.08 bits per heavy atom. The van der Waals surface area contributed by atoms with Crippen molar-refractivity contribution in [3.8, 4) is 11.4 Å². The molecule has 0 aliphatic heterocycles. The number of halogens is 1. The van der Waals surface area contributed by atoms with Gasteiger partial charge in [-0.25, -0.2) is 0 Å². The Balaban J connectivity index is 1.53. The van der Waals surface area contributed by atoms with Gasteiger partial charge in [0.05, 0.1) is 5.02 Å². The maximum Gasteiger partial charge on any atom is 0.243 e. The van der Waals surface area contributed by atoms with Crippen LogP contribution in [0.1, 0.15) is 5.56 Å². The van der Waals surface area contributed by atoms with E-state index in [2.05, 4.69) is 20.7 Å². The molecule has 3 rings (SSSR count). The first-order valence-electron chi connectivity index (χ1n) is 7.56. The van der Waals surface area contributed by atoms with Crippen molar-refractivity contribution in [2.45, 2.75) is 13.0 Å². The minimum atomic E-state index is -0.158. The lowest BCUT2D eigenvalue weighted by atomic mass is 10.1. The van der Waals surface area contributed by atoms with Crippen LogP contribution in [0.5, 0.6) is 0 Å². The number of carbonyl (C=O) groups excluding carboxylic acids is 1. The van der Waals surface area contributed by atoms with E-state index in [-0.39, 0.29) is 12.5 Å². The molecule has 0 unspecified atom stereocenters. The van der Waals surface area contributed by atoms with Gasteiger partial charge in [-0.3, -0.25) is 4.79 Å². The monoisotopic (exact) mass is 341 g/mol. The number of tetrazole rings is 1. The van der Waals surface area contributed by atoms with E-state index in [0.29, 0.717) is 23.0 Å². The predicted molar refractivity (Wildman–Crippen MR) is 91.4 cm³/mol. The Morgan fingerprint density at radius 2 is 1.83 bits per heavy atom. The highest BCUT2D eigenvalue weighted by atomic mass is 35.5. The van der Waals surface area contributed by atoms with E-state index in [1.54, 1.807) is 6.07 Å². The summed E-state index contributed by atoms with van der Waals surface area (Å²) in [5, 5.41) is 15.4. The average molecular weight is 342 g/mol. The Hall–Kier alpha value is -2.73. The molecule has 0 atom stereocenters. The van der Waals surface area contributed by atoms with Crippen molar-refractivity contribution in [3.63, 3.8) is 0 Å². The van der Waals surface area contributed by atoms with Gasteiger partial charge in [-0.1, -0.05) is 54.1 Å². The number of rotatable bonds is 6. The molecule has 1 heterocycles. The Kier molecular flexibility index (Phi) is 5.18. The van der Waals surface area contributed by atoms with Crippen molar-refractivity contribution < 1.29 is 4.79 Å². The van der Waals surface area contributed by atoms with Gasteiger partial charge in [0.2, 0.25) is 11.7 Å². The zero-order valence-corrected chi connectivity index (χ0v) is 13.6. The number of carbonyl (C=O) groups is 1. The normalized spacial score (nSPS) is 10.5. The Labute approximate surface area is 144 Å². The summed E-state index contributed by atoms with van der Waals surface area (Å²) in [5.74, 6) is 0.242. The number of hydrogen-bond donors (Lipinski definition) is 1. The molecule has 1 amide bonds. The minimum Gasteiger partial charge on any atom is -0.354 e. The first kappa shape index (κ1) is 16.1. The summed E-state index contributed by atoms with van der Waals surface area (Å²) in [7, 11) is 0. The van der Waals surface area contributed by atoms with Gasteiger partial charge in [0.15, 0.2) is 0 Å². The Bertz CT molecular complexity index is 819. The number of benzene rings is 2. The molecule has 0 saturated carbocycles. The van der Waals surface area contributed by atoms with E-state index in [1.165, 1.54) is 10.4 Å². The maximum atomic E-state index is 11.9. The SMILES string of the molecule is O=C(Cn1nnc(-c2ccccc2Cl)n1)NCCc1ccccc1. The van der Waals surface area contributed by atoms with Crippen LogP contribution >= 0.6 is 11.6 Å². The molecule has 0 fully saturated rings. The van der Waals surface area contributed by atoms with Gasteiger partial charge in [0, 0.05) is 12.1 Å². The molecule has 6 nitrogen and oxygen atoms in total. The lowest BCUT2D eigenvalue weighted by Gasteiger charge is -2.04. The summed E-state index contributed by atoms with van der Waals surface area (Å²) in [6.45, 7) is 0.584. The zero-order valence-electron chi connectivity index (χ0n) is 12.9. The quantitative estimate of drug-likeness (QED) is 0.747. The van der Waals surface area contributed by atoms with Gasteiger partial charge in [-0.15, -0.1) is 10.2 Å². The first-order valence-corrected chi connectivity index (χ1v) is 7.93. The second-order valence-corrected chi connectivity index (χ2v) is 5.62. The van der Waals surface area contributed by atoms with Gasteiger partial charge in [-0.05, 0) is 29.3 Å². The predicted octanol–water partition coefficient (Wildman–Crippen LogP) is 2.35. The van der Waals surface area contributed by atoms with E-state index in [4.69, 9.17) is 11.6 Å². The highest BCUT2D eigenvalue weighted by Gasteiger charge is 2.11. The highest BCUT2D eigenvalue weighted by molar-refractivity contribution is 6.33. The van der Waals surface area contributed by atoms with Crippen molar-refractivity contribution in [1.29, 1.82) is 0 Å².